The van der Waals surface area contributed by atoms with E-state index in [-0.39, 0.29) is 12.0 Å². The van der Waals surface area contributed by atoms with Crippen LogP contribution in [0.25, 0.3) is 0 Å². The lowest BCUT2D eigenvalue weighted by molar-refractivity contribution is 0.0753. The Labute approximate surface area is 145 Å². The van der Waals surface area contributed by atoms with Crippen LogP contribution in [0.2, 0.25) is 0 Å². The fraction of sp³-hybridized carbons (Fsp3) is 0.529. The van der Waals surface area contributed by atoms with Gasteiger partial charge in [0.2, 0.25) is 5.88 Å². The third-order valence-electron chi connectivity index (χ3n) is 4.71. The second kappa shape index (κ2) is 7.18. The number of carbonyl (C=O) groups excluding carboxylic acids is 1. The van der Waals surface area contributed by atoms with Crippen molar-refractivity contribution in [3.05, 3.63) is 36.3 Å². The average molecular weight is 343 g/mol. The fourth-order valence-corrected chi connectivity index (χ4v) is 3.38. The third kappa shape index (κ3) is 3.48. The lowest BCUT2D eigenvalue weighted by Gasteiger charge is -2.23. The molecule has 2 aliphatic heterocycles. The Hall–Kier alpha value is -2.48. The van der Waals surface area contributed by atoms with Crippen molar-refractivity contribution in [2.75, 3.05) is 26.3 Å². The molecular formula is C17H21N5O3. The second-order valence-corrected chi connectivity index (χ2v) is 6.35. The molecule has 1 amide bonds. The predicted octanol–water partition coefficient (Wildman–Crippen LogP) is 1.39. The minimum atomic E-state index is -0.0973. The molecule has 2 aliphatic rings. The van der Waals surface area contributed by atoms with Crippen molar-refractivity contribution in [3.63, 3.8) is 0 Å². The first-order valence-electron chi connectivity index (χ1n) is 8.65. The molecule has 0 radical (unpaired) electrons. The van der Waals surface area contributed by atoms with Gasteiger partial charge in [0.25, 0.3) is 5.91 Å². The summed E-state index contributed by atoms with van der Waals surface area (Å²) in [6.07, 6.45) is 9.16. The molecular weight excluding hydrogens is 322 g/mol. The number of aromatic amines is 1. The largest absolute Gasteiger partial charge is 0.471 e. The van der Waals surface area contributed by atoms with Gasteiger partial charge in [0.1, 0.15) is 11.8 Å². The molecule has 8 heteroatoms. The van der Waals surface area contributed by atoms with Crippen molar-refractivity contribution in [1.29, 1.82) is 0 Å². The number of hydrogen-bond donors (Lipinski definition) is 1. The lowest BCUT2D eigenvalue weighted by Crippen LogP contribution is -2.32. The molecule has 0 aromatic carbocycles. The molecule has 25 heavy (non-hydrogen) atoms. The maximum Gasteiger partial charge on any atom is 0.289 e. The highest BCUT2D eigenvalue weighted by Crippen LogP contribution is 2.31. The maximum atomic E-state index is 12.4. The average Bonchev–Trinajstić information content (AvgIpc) is 3.35. The number of amides is 1. The van der Waals surface area contributed by atoms with Crippen LogP contribution < -0.4 is 4.74 Å². The van der Waals surface area contributed by atoms with E-state index in [1.807, 2.05) is 0 Å². The molecule has 132 valence electrons. The molecule has 8 nitrogen and oxygen atoms in total. The van der Waals surface area contributed by atoms with Crippen LogP contribution in [-0.2, 0) is 4.74 Å². The first-order valence-corrected chi connectivity index (χ1v) is 8.65. The number of hydrogen-bond acceptors (Lipinski definition) is 6. The van der Waals surface area contributed by atoms with Crippen LogP contribution in [0, 0.1) is 0 Å². The van der Waals surface area contributed by atoms with Gasteiger partial charge in [-0.3, -0.25) is 9.78 Å². The number of H-pyrrole nitrogens is 1. The summed E-state index contributed by atoms with van der Waals surface area (Å²) in [5, 5.41) is 0. The van der Waals surface area contributed by atoms with E-state index in [0.29, 0.717) is 30.7 Å². The molecule has 1 N–H and O–H groups in total. The van der Waals surface area contributed by atoms with E-state index >= 15 is 0 Å². The molecule has 4 heterocycles. The number of carbonyl (C=O) groups is 1. The normalized spacial score (nSPS) is 21.4. The quantitative estimate of drug-likeness (QED) is 0.902. The number of ether oxygens (including phenoxy) is 2. The van der Waals surface area contributed by atoms with Gasteiger partial charge in [0, 0.05) is 56.9 Å². The summed E-state index contributed by atoms with van der Waals surface area (Å²) < 4.78 is 11.5. The van der Waals surface area contributed by atoms with Crippen LogP contribution in [0.15, 0.2) is 24.8 Å². The summed E-state index contributed by atoms with van der Waals surface area (Å²) in [5.74, 6) is 1.18. The summed E-state index contributed by atoms with van der Waals surface area (Å²) in [5.41, 5.74) is 0.904. The van der Waals surface area contributed by atoms with E-state index in [9.17, 15) is 4.79 Å². The van der Waals surface area contributed by atoms with E-state index in [1.165, 1.54) is 0 Å². The van der Waals surface area contributed by atoms with Gasteiger partial charge in [0.05, 0.1) is 6.54 Å². The summed E-state index contributed by atoms with van der Waals surface area (Å²) in [6, 6.07) is 0. The van der Waals surface area contributed by atoms with Gasteiger partial charge in [-0.1, -0.05) is 0 Å². The first kappa shape index (κ1) is 16.0. The van der Waals surface area contributed by atoms with Crippen LogP contribution in [0.4, 0.5) is 0 Å². The molecule has 2 saturated heterocycles. The Morgan fingerprint density at radius 1 is 1.16 bits per heavy atom. The van der Waals surface area contributed by atoms with Crippen molar-refractivity contribution >= 4 is 5.91 Å². The SMILES string of the molecule is O=C(c1ncc[nH]1)N1CCC(Oc2nccnc2C2CCOCC2)C1. The van der Waals surface area contributed by atoms with Crippen molar-refractivity contribution in [1.82, 2.24) is 24.8 Å². The highest BCUT2D eigenvalue weighted by atomic mass is 16.5. The second-order valence-electron chi connectivity index (χ2n) is 6.35. The smallest absolute Gasteiger partial charge is 0.289 e. The number of aromatic nitrogens is 4. The molecule has 0 aliphatic carbocycles. The molecule has 1 atom stereocenters. The van der Waals surface area contributed by atoms with Crippen LogP contribution in [0.1, 0.15) is 41.5 Å². The van der Waals surface area contributed by atoms with E-state index in [4.69, 9.17) is 9.47 Å². The molecule has 2 aromatic heterocycles. The van der Waals surface area contributed by atoms with Crippen LogP contribution in [0.3, 0.4) is 0 Å². The Kier molecular flexibility index (Phi) is 4.60. The molecule has 2 fully saturated rings. The zero-order valence-corrected chi connectivity index (χ0v) is 13.9. The number of nitrogens with zero attached hydrogens (tertiary/aromatic N) is 4. The van der Waals surface area contributed by atoms with Gasteiger partial charge >= 0.3 is 0 Å². The molecule has 4 rings (SSSR count). The minimum absolute atomic E-state index is 0.0748. The number of nitrogens with one attached hydrogen (secondary N) is 1. The summed E-state index contributed by atoms with van der Waals surface area (Å²) in [4.78, 5) is 29.9. The van der Waals surface area contributed by atoms with Crippen LogP contribution in [0.5, 0.6) is 5.88 Å². The van der Waals surface area contributed by atoms with Gasteiger partial charge in [0.15, 0.2) is 5.82 Å². The van der Waals surface area contributed by atoms with E-state index in [2.05, 4.69) is 19.9 Å². The lowest BCUT2D eigenvalue weighted by atomic mass is 9.96. The van der Waals surface area contributed by atoms with Crippen molar-refractivity contribution in [3.8, 4) is 5.88 Å². The number of likely N-dealkylation sites (tertiary alicyclic amines) is 1. The highest BCUT2D eigenvalue weighted by molar-refractivity contribution is 5.90. The van der Waals surface area contributed by atoms with Crippen LogP contribution in [-0.4, -0.2) is 63.2 Å². The van der Waals surface area contributed by atoms with Gasteiger partial charge in [-0.25, -0.2) is 9.97 Å². The van der Waals surface area contributed by atoms with Gasteiger partial charge < -0.3 is 19.4 Å². The summed E-state index contributed by atoms with van der Waals surface area (Å²) >= 11 is 0. The summed E-state index contributed by atoms with van der Waals surface area (Å²) in [6.45, 7) is 2.67. The van der Waals surface area contributed by atoms with Crippen molar-refractivity contribution in [2.24, 2.45) is 0 Å². The molecule has 1 unspecified atom stereocenters. The van der Waals surface area contributed by atoms with Crippen molar-refractivity contribution in [2.45, 2.75) is 31.3 Å². The highest BCUT2D eigenvalue weighted by Gasteiger charge is 2.31. The molecule has 0 spiro atoms. The molecule has 0 saturated carbocycles. The van der Waals surface area contributed by atoms with E-state index < -0.39 is 0 Å². The predicted molar refractivity (Wildman–Crippen MR) is 88.4 cm³/mol. The minimum Gasteiger partial charge on any atom is -0.471 e. The summed E-state index contributed by atoms with van der Waals surface area (Å²) in [7, 11) is 0. The molecule has 2 aromatic rings. The Bertz CT molecular complexity index is 715. The molecule has 0 bridgehead atoms. The number of rotatable bonds is 4. The first-order chi connectivity index (χ1) is 12.3. The van der Waals surface area contributed by atoms with Gasteiger partial charge in [-0.05, 0) is 12.8 Å². The third-order valence-corrected chi connectivity index (χ3v) is 4.71. The zero-order chi connectivity index (χ0) is 17.1. The van der Waals surface area contributed by atoms with E-state index in [0.717, 1.165) is 38.2 Å². The zero-order valence-electron chi connectivity index (χ0n) is 13.9. The number of imidazole rings is 1. The fourth-order valence-electron chi connectivity index (χ4n) is 3.38. The Morgan fingerprint density at radius 3 is 2.80 bits per heavy atom. The van der Waals surface area contributed by atoms with Gasteiger partial charge in [-0.2, -0.15) is 0 Å². The maximum absolute atomic E-state index is 12.4. The Morgan fingerprint density at radius 2 is 2.00 bits per heavy atom. The van der Waals surface area contributed by atoms with E-state index in [1.54, 1.807) is 29.7 Å². The topological polar surface area (TPSA) is 93.2 Å². The monoisotopic (exact) mass is 343 g/mol. The van der Waals surface area contributed by atoms with Gasteiger partial charge in [-0.15, -0.1) is 0 Å². The van der Waals surface area contributed by atoms with Crippen molar-refractivity contribution < 1.29 is 14.3 Å². The van der Waals surface area contributed by atoms with Crippen LogP contribution >= 0.6 is 0 Å². The standard InChI is InChI=1S/C17H21N5O3/c23-17(15-19-5-6-20-15)22-8-1-13(11-22)25-16-14(18-4-7-21-16)12-2-9-24-10-3-12/h4-7,12-13H,1-3,8-11H2,(H,19,20). The Balaban J connectivity index is 1.42.